The topological polar surface area (TPSA) is 68.2 Å². The lowest BCUT2D eigenvalue weighted by Crippen LogP contribution is -2.43. The molecule has 0 aliphatic carbocycles. The third-order valence-corrected chi connectivity index (χ3v) is 11.9. The zero-order valence-electron chi connectivity index (χ0n) is 17.3. The van der Waals surface area contributed by atoms with Gasteiger partial charge in [0, 0.05) is 35.0 Å². The van der Waals surface area contributed by atoms with Gasteiger partial charge in [-0.3, -0.25) is 10.1 Å². The zero-order chi connectivity index (χ0) is 19.9. The van der Waals surface area contributed by atoms with E-state index in [2.05, 4.69) is 58.5 Å². The predicted octanol–water partition coefficient (Wildman–Crippen LogP) is 5.19. The van der Waals surface area contributed by atoms with Gasteiger partial charge in [0.2, 0.25) is 0 Å². The summed E-state index contributed by atoms with van der Waals surface area (Å²) < 4.78 is 6.37. The molecule has 2 aromatic rings. The number of non-ortho nitro benzene ring substituents is 1. The van der Waals surface area contributed by atoms with Crippen LogP contribution in [0.5, 0.6) is 0 Å². The van der Waals surface area contributed by atoms with Gasteiger partial charge >= 0.3 is 0 Å². The fraction of sp³-hybridized carbons (Fsp3) is 0.579. The number of fused-ring (bicyclic) bond motifs is 1. The van der Waals surface area contributed by atoms with Crippen LogP contribution in [0.1, 0.15) is 26.3 Å². The van der Waals surface area contributed by atoms with Gasteiger partial charge in [-0.15, -0.1) is 0 Å². The van der Waals surface area contributed by atoms with Gasteiger partial charge in [0.25, 0.3) is 5.69 Å². The Morgan fingerprint density at radius 3 is 2.27 bits per heavy atom. The molecule has 144 valence electrons. The second kappa shape index (κ2) is 6.94. The van der Waals surface area contributed by atoms with Crippen molar-refractivity contribution in [2.24, 2.45) is 0 Å². The van der Waals surface area contributed by atoms with Crippen LogP contribution in [-0.2, 0) is 10.8 Å². The summed E-state index contributed by atoms with van der Waals surface area (Å²) in [7, 11) is -3.41. The Balaban J connectivity index is 2.40. The fourth-order valence-corrected chi connectivity index (χ4v) is 5.59. The molecule has 0 radical (unpaired) electrons. The largest absolute Gasteiger partial charge is 0.416 e. The number of nitro benzene ring substituents is 1. The van der Waals surface area contributed by atoms with Crippen LogP contribution in [0.15, 0.2) is 18.2 Å². The van der Waals surface area contributed by atoms with Crippen molar-refractivity contribution < 1.29 is 9.35 Å². The molecule has 1 heterocycles. The number of aromatic amines is 1. The lowest BCUT2D eigenvalue weighted by Gasteiger charge is -2.36. The molecule has 0 aliphatic rings. The van der Waals surface area contributed by atoms with Crippen LogP contribution in [0.4, 0.5) is 5.69 Å². The molecule has 0 spiro atoms. The third kappa shape index (κ3) is 4.27. The van der Waals surface area contributed by atoms with Crippen molar-refractivity contribution in [3.05, 3.63) is 33.9 Å². The first-order valence-electron chi connectivity index (χ1n) is 9.17. The Hall–Kier alpha value is -1.45. The molecule has 0 saturated heterocycles. The van der Waals surface area contributed by atoms with E-state index >= 15 is 0 Å². The first kappa shape index (κ1) is 20.9. The van der Waals surface area contributed by atoms with E-state index < -0.39 is 16.4 Å². The molecule has 0 bridgehead atoms. The van der Waals surface area contributed by atoms with E-state index in [9.17, 15) is 10.1 Å². The maximum atomic E-state index is 11.2. The highest BCUT2D eigenvalue weighted by molar-refractivity contribution is 6.88. The summed E-state index contributed by atoms with van der Waals surface area (Å²) in [6.45, 7) is 18.8. The molecule has 7 heteroatoms. The minimum absolute atomic E-state index is 0.144. The highest BCUT2D eigenvalue weighted by Crippen LogP contribution is 2.36. The molecule has 2 rings (SSSR count). The molecule has 0 unspecified atom stereocenters. The van der Waals surface area contributed by atoms with Crippen LogP contribution < -0.4 is 5.32 Å². The average Bonchev–Trinajstić information content (AvgIpc) is 2.84. The van der Waals surface area contributed by atoms with Gasteiger partial charge in [-0.1, -0.05) is 40.4 Å². The normalized spacial score (nSPS) is 13.4. The highest BCUT2D eigenvalue weighted by Gasteiger charge is 2.37. The maximum absolute atomic E-state index is 11.2. The monoisotopic (exact) mass is 392 g/mol. The van der Waals surface area contributed by atoms with E-state index in [4.69, 9.17) is 4.43 Å². The molecule has 0 atom stereocenters. The van der Waals surface area contributed by atoms with Crippen molar-refractivity contribution in [1.29, 1.82) is 0 Å². The summed E-state index contributed by atoms with van der Waals surface area (Å²) in [5.74, 6) is 0. The van der Waals surface area contributed by atoms with Crippen LogP contribution in [0, 0.1) is 10.1 Å². The number of hydrogen-bond acceptors (Lipinski definition) is 3. The Morgan fingerprint density at radius 1 is 1.15 bits per heavy atom. The molecule has 0 saturated carbocycles. The average molecular weight is 393 g/mol. The molecule has 0 aliphatic heterocycles. The Labute approximate surface area is 158 Å². The lowest BCUT2D eigenvalue weighted by molar-refractivity contribution is -0.384. The smallest absolute Gasteiger partial charge is 0.270 e. The molecule has 1 aromatic carbocycles. The number of rotatable bonds is 6. The molecule has 26 heavy (non-hydrogen) atoms. The van der Waals surface area contributed by atoms with Crippen LogP contribution in [0.3, 0.4) is 0 Å². The summed E-state index contributed by atoms with van der Waals surface area (Å²) >= 11 is 0. The number of aromatic nitrogens is 1. The van der Waals surface area contributed by atoms with Crippen molar-refractivity contribution in [1.82, 2.24) is 4.98 Å². The van der Waals surface area contributed by atoms with Crippen LogP contribution in [-0.4, -0.2) is 32.9 Å². The first-order valence-corrected chi connectivity index (χ1v) is 15.6. The second-order valence-electron chi connectivity index (χ2n) is 9.57. The summed E-state index contributed by atoms with van der Waals surface area (Å²) in [6.07, 6.45) is 0.785. The van der Waals surface area contributed by atoms with Gasteiger partial charge in [0.05, 0.1) is 13.0 Å². The quantitative estimate of drug-likeness (QED) is 0.418. The van der Waals surface area contributed by atoms with Gasteiger partial charge in [-0.05, 0) is 36.2 Å². The molecule has 1 aromatic heterocycles. The number of hydrogen-bond donors (Lipinski definition) is 1. The molecule has 5 nitrogen and oxygen atoms in total. The lowest BCUT2D eigenvalue weighted by atomic mass is 10.1. The summed E-state index contributed by atoms with van der Waals surface area (Å²) in [5.41, 5.74) is 2.32. The summed E-state index contributed by atoms with van der Waals surface area (Å²) in [5, 5.41) is 13.6. The van der Waals surface area contributed by atoms with Crippen molar-refractivity contribution in [3.8, 4) is 0 Å². The SMILES string of the molecule is CC(C)(C)[Si](C)(C)OCCc1c([Si](C)(C)C)[nH]c2ccc([N+](=O)[O-])cc12. The molecule has 0 amide bonds. The van der Waals surface area contributed by atoms with E-state index in [1.54, 1.807) is 12.1 Å². The highest BCUT2D eigenvalue weighted by atomic mass is 28.4. The van der Waals surface area contributed by atoms with Crippen molar-refractivity contribution in [2.45, 2.75) is 65.0 Å². The molecular weight excluding hydrogens is 360 g/mol. The second-order valence-corrected chi connectivity index (χ2v) is 19.4. The Morgan fingerprint density at radius 2 is 1.77 bits per heavy atom. The summed E-state index contributed by atoms with van der Waals surface area (Å²) in [6, 6.07) is 5.11. The van der Waals surface area contributed by atoms with Gasteiger partial charge in [-0.2, -0.15) is 0 Å². The van der Waals surface area contributed by atoms with Gasteiger partial charge in [-0.25, -0.2) is 0 Å². The van der Waals surface area contributed by atoms with Crippen LogP contribution in [0.25, 0.3) is 10.9 Å². The first-order chi connectivity index (χ1) is 11.7. The fourth-order valence-electron chi connectivity index (χ4n) is 2.87. The van der Waals surface area contributed by atoms with E-state index in [1.807, 2.05) is 6.07 Å². The van der Waals surface area contributed by atoms with Crippen molar-refractivity contribution >= 4 is 38.3 Å². The Kier molecular flexibility index (Phi) is 5.57. The zero-order valence-corrected chi connectivity index (χ0v) is 19.3. The number of nitrogens with zero attached hydrogens (tertiary/aromatic N) is 1. The minimum atomic E-state index is -1.81. The van der Waals surface area contributed by atoms with E-state index in [0.717, 1.165) is 17.3 Å². The number of nitrogens with one attached hydrogen (secondary N) is 1. The summed E-state index contributed by atoms with van der Waals surface area (Å²) in [4.78, 5) is 14.4. The minimum Gasteiger partial charge on any atom is -0.416 e. The van der Waals surface area contributed by atoms with Crippen LogP contribution >= 0.6 is 0 Å². The van der Waals surface area contributed by atoms with Gasteiger partial charge in [0.15, 0.2) is 8.32 Å². The number of H-pyrrole nitrogens is 1. The molecule has 1 N–H and O–H groups in total. The van der Waals surface area contributed by atoms with E-state index in [0.29, 0.717) is 6.61 Å². The Bertz CT molecular complexity index is 815. The van der Waals surface area contributed by atoms with Crippen LogP contribution in [0.2, 0.25) is 37.8 Å². The number of benzene rings is 1. The van der Waals surface area contributed by atoms with Gasteiger partial charge < -0.3 is 9.41 Å². The number of nitro groups is 1. The van der Waals surface area contributed by atoms with Gasteiger partial charge in [0.1, 0.15) is 0 Å². The van der Waals surface area contributed by atoms with Crippen molar-refractivity contribution in [2.75, 3.05) is 6.61 Å². The standard InChI is InChI=1S/C19H32N2O3Si2/c1-19(2,3)26(7,8)24-12-11-15-16-13-14(21(22)23)9-10-17(16)20-18(15)25(4,5)6/h9-10,13,20H,11-12H2,1-8H3. The molecular formula is C19H32N2O3Si2. The predicted molar refractivity (Wildman–Crippen MR) is 115 cm³/mol. The van der Waals surface area contributed by atoms with Crippen molar-refractivity contribution in [3.63, 3.8) is 0 Å². The third-order valence-electron chi connectivity index (χ3n) is 5.47. The molecule has 0 fully saturated rings. The maximum Gasteiger partial charge on any atom is 0.270 e. The van der Waals surface area contributed by atoms with E-state index in [1.165, 1.54) is 10.9 Å². The van der Waals surface area contributed by atoms with E-state index in [-0.39, 0.29) is 15.6 Å².